The first kappa shape index (κ1) is 14.2. The van der Waals surface area contributed by atoms with E-state index in [9.17, 15) is 9.59 Å². The molecule has 2 rings (SSSR count). The van der Waals surface area contributed by atoms with Crippen LogP contribution in [0.4, 0.5) is 0 Å². The zero-order chi connectivity index (χ0) is 14.9. The van der Waals surface area contributed by atoms with Gasteiger partial charge in [-0.05, 0) is 12.1 Å². The van der Waals surface area contributed by atoms with Gasteiger partial charge in [0.15, 0.2) is 0 Å². The summed E-state index contributed by atoms with van der Waals surface area (Å²) in [6, 6.07) is 7.20. The molecule has 0 unspecified atom stereocenters. The van der Waals surface area contributed by atoms with Gasteiger partial charge in [-0.2, -0.15) is 0 Å². The third-order valence-corrected chi connectivity index (χ3v) is 3.16. The lowest BCUT2D eigenvalue weighted by atomic mass is 9.96. The van der Waals surface area contributed by atoms with Gasteiger partial charge in [0.1, 0.15) is 5.82 Å². The van der Waals surface area contributed by atoms with E-state index < -0.39 is 5.41 Å². The normalized spacial score (nSPS) is 11.6. The van der Waals surface area contributed by atoms with Gasteiger partial charge < -0.3 is 5.32 Å². The molecule has 5 nitrogen and oxygen atoms in total. The van der Waals surface area contributed by atoms with Gasteiger partial charge in [0, 0.05) is 12.5 Å². The molecule has 1 heterocycles. The summed E-state index contributed by atoms with van der Waals surface area (Å²) in [5, 5.41) is 3.39. The van der Waals surface area contributed by atoms with Gasteiger partial charge in [-0.25, -0.2) is 4.98 Å². The van der Waals surface area contributed by atoms with Crippen LogP contribution in [0, 0.1) is 5.41 Å². The second kappa shape index (κ2) is 5.07. The summed E-state index contributed by atoms with van der Waals surface area (Å²) in [5.74, 6) is 0.478. The van der Waals surface area contributed by atoms with Crippen molar-refractivity contribution < 1.29 is 4.79 Å². The Morgan fingerprint density at radius 3 is 2.60 bits per heavy atom. The molecule has 0 bridgehead atoms. The van der Waals surface area contributed by atoms with Crippen LogP contribution < -0.4 is 10.9 Å². The van der Waals surface area contributed by atoms with Crippen LogP contribution in [0.15, 0.2) is 29.1 Å². The molecule has 0 spiro atoms. The van der Waals surface area contributed by atoms with Gasteiger partial charge in [0.05, 0.1) is 17.4 Å². The molecule has 106 valence electrons. The summed E-state index contributed by atoms with van der Waals surface area (Å²) in [5.41, 5.74) is 0.0848. The fourth-order valence-corrected chi connectivity index (χ4v) is 1.85. The van der Waals surface area contributed by atoms with Crippen molar-refractivity contribution >= 4 is 16.8 Å². The monoisotopic (exact) mass is 273 g/mol. The van der Waals surface area contributed by atoms with Crippen LogP contribution in [0.3, 0.4) is 0 Å². The van der Waals surface area contributed by atoms with Crippen molar-refractivity contribution in [2.24, 2.45) is 12.5 Å². The van der Waals surface area contributed by atoms with Crippen molar-refractivity contribution in [2.75, 3.05) is 0 Å². The highest BCUT2D eigenvalue weighted by Crippen LogP contribution is 2.13. The average Bonchev–Trinajstić information content (AvgIpc) is 2.40. The molecule has 5 heteroatoms. The predicted octanol–water partition coefficient (Wildman–Crippen LogP) is 1.60. The largest absolute Gasteiger partial charge is 0.348 e. The summed E-state index contributed by atoms with van der Waals surface area (Å²) in [6.07, 6.45) is 0. The fraction of sp³-hybridized carbons (Fsp3) is 0.400. The van der Waals surface area contributed by atoms with E-state index in [4.69, 9.17) is 0 Å². The number of nitrogens with one attached hydrogen (secondary N) is 1. The van der Waals surface area contributed by atoms with E-state index in [0.717, 1.165) is 0 Å². The Balaban J connectivity index is 2.34. The molecule has 0 atom stereocenters. The highest BCUT2D eigenvalue weighted by molar-refractivity contribution is 5.81. The average molecular weight is 273 g/mol. The summed E-state index contributed by atoms with van der Waals surface area (Å²) < 4.78 is 1.48. The number of aromatic nitrogens is 2. The number of hydrogen-bond donors (Lipinski definition) is 1. The van der Waals surface area contributed by atoms with Crippen LogP contribution in [-0.2, 0) is 18.4 Å². The van der Waals surface area contributed by atoms with Crippen LogP contribution >= 0.6 is 0 Å². The quantitative estimate of drug-likeness (QED) is 0.904. The van der Waals surface area contributed by atoms with E-state index in [1.54, 1.807) is 19.2 Å². The minimum atomic E-state index is -0.463. The Labute approximate surface area is 117 Å². The lowest BCUT2D eigenvalue weighted by Gasteiger charge is -2.18. The minimum absolute atomic E-state index is 0.0695. The summed E-state index contributed by atoms with van der Waals surface area (Å²) in [6.45, 7) is 5.77. The summed E-state index contributed by atoms with van der Waals surface area (Å²) >= 11 is 0. The molecule has 1 aromatic heterocycles. The molecule has 0 saturated carbocycles. The number of amides is 1. The molecular formula is C15H19N3O2. The van der Waals surface area contributed by atoms with E-state index >= 15 is 0 Å². The second-order valence-corrected chi connectivity index (χ2v) is 5.84. The Morgan fingerprint density at radius 1 is 1.30 bits per heavy atom. The fourth-order valence-electron chi connectivity index (χ4n) is 1.85. The first-order chi connectivity index (χ1) is 9.30. The maximum absolute atomic E-state index is 12.2. The number of carbonyl (C=O) groups excluding carboxylic acids is 1. The van der Waals surface area contributed by atoms with Crippen LogP contribution in [0.2, 0.25) is 0 Å². The van der Waals surface area contributed by atoms with Crippen molar-refractivity contribution in [3.05, 3.63) is 40.4 Å². The lowest BCUT2D eigenvalue weighted by Crippen LogP contribution is -2.36. The van der Waals surface area contributed by atoms with Crippen molar-refractivity contribution in [2.45, 2.75) is 27.3 Å². The number of para-hydroxylation sites is 1. The maximum atomic E-state index is 12.2. The van der Waals surface area contributed by atoms with Gasteiger partial charge in [-0.1, -0.05) is 32.9 Å². The molecule has 0 aliphatic heterocycles. The highest BCUT2D eigenvalue weighted by atomic mass is 16.2. The third kappa shape index (κ3) is 2.71. The molecule has 0 fully saturated rings. The van der Waals surface area contributed by atoms with E-state index in [-0.39, 0.29) is 18.0 Å². The number of carbonyl (C=O) groups is 1. The number of benzene rings is 1. The van der Waals surface area contributed by atoms with Gasteiger partial charge in [0.25, 0.3) is 5.56 Å². The SMILES string of the molecule is Cn1c(CNC(=O)C(C)(C)C)nc2ccccc2c1=O. The Morgan fingerprint density at radius 2 is 1.95 bits per heavy atom. The van der Waals surface area contributed by atoms with Crippen LogP contribution in [0.1, 0.15) is 26.6 Å². The summed E-state index contributed by atoms with van der Waals surface area (Å²) in [4.78, 5) is 28.5. The first-order valence-electron chi connectivity index (χ1n) is 6.53. The molecule has 0 radical (unpaired) electrons. The highest BCUT2D eigenvalue weighted by Gasteiger charge is 2.21. The third-order valence-electron chi connectivity index (χ3n) is 3.16. The summed E-state index contributed by atoms with van der Waals surface area (Å²) in [7, 11) is 1.67. The van der Waals surface area contributed by atoms with Gasteiger partial charge >= 0.3 is 0 Å². The smallest absolute Gasteiger partial charge is 0.261 e. The topological polar surface area (TPSA) is 64.0 Å². The molecule has 1 N–H and O–H groups in total. The molecule has 0 aliphatic rings. The molecule has 0 aliphatic carbocycles. The van der Waals surface area contributed by atoms with E-state index in [2.05, 4.69) is 10.3 Å². The predicted molar refractivity (Wildman–Crippen MR) is 78.3 cm³/mol. The maximum Gasteiger partial charge on any atom is 0.261 e. The zero-order valence-corrected chi connectivity index (χ0v) is 12.2. The molecule has 0 saturated heterocycles. The van der Waals surface area contributed by atoms with Gasteiger partial charge in [-0.15, -0.1) is 0 Å². The van der Waals surface area contributed by atoms with E-state index in [0.29, 0.717) is 16.7 Å². The molecule has 2 aromatic rings. The number of fused-ring (bicyclic) bond motifs is 1. The number of nitrogens with zero attached hydrogens (tertiary/aromatic N) is 2. The Hall–Kier alpha value is -2.17. The molecule has 20 heavy (non-hydrogen) atoms. The lowest BCUT2D eigenvalue weighted by molar-refractivity contribution is -0.128. The van der Waals surface area contributed by atoms with Crippen molar-refractivity contribution in [1.82, 2.24) is 14.9 Å². The zero-order valence-electron chi connectivity index (χ0n) is 12.2. The molecular weight excluding hydrogens is 254 g/mol. The number of rotatable bonds is 2. The molecule has 1 amide bonds. The van der Waals surface area contributed by atoms with Crippen LogP contribution in [-0.4, -0.2) is 15.5 Å². The molecule has 1 aromatic carbocycles. The van der Waals surface area contributed by atoms with Crippen LogP contribution in [0.25, 0.3) is 10.9 Å². The van der Waals surface area contributed by atoms with Crippen molar-refractivity contribution in [1.29, 1.82) is 0 Å². The first-order valence-corrected chi connectivity index (χ1v) is 6.53. The Kier molecular flexibility index (Phi) is 3.61. The second-order valence-electron chi connectivity index (χ2n) is 5.84. The van der Waals surface area contributed by atoms with E-state index in [1.807, 2.05) is 32.9 Å². The van der Waals surface area contributed by atoms with E-state index in [1.165, 1.54) is 4.57 Å². The van der Waals surface area contributed by atoms with Crippen molar-refractivity contribution in [3.63, 3.8) is 0 Å². The van der Waals surface area contributed by atoms with Crippen molar-refractivity contribution in [3.8, 4) is 0 Å². The van der Waals surface area contributed by atoms with Gasteiger partial charge in [-0.3, -0.25) is 14.2 Å². The minimum Gasteiger partial charge on any atom is -0.348 e. The number of hydrogen-bond acceptors (Lipinski definition) is 3. The standard InChI is InChI=1S/C15H19N3O2/c1-15(2,3)14(20)16-9-12-17-11-8-6-5-7-10(11)13(19)18(12)4/h5-8H,9H2,1-4H3,(H,16,20). The van der Waals surface area contributed by atoms with Gasteiger partial charge in [0.2, 0.25) is 5.91 Å². The Bertz CT molecular complexity index is 711. The van der Waals surface area contributed by atoms with Crippen LogP contribution in [0.5, 0.6) is 0 Å².